The summed E-state index contributed by atoms with van der Waals surface area (Å²) < 4.78 is 31.1. The van der Waals surface area contributed by atoms with Crippen molar-refractivity contribution in [1.82, 2.24) is 4.31 Å². The van der Waals surface area contributed by atoms with Gasteiger partial charge in [0.15, 0.2) is 0 Å². The molecule has 0 aromatic heterocycles. The van der Waals surface area contributed by atoms with E-state index in [1.807, 2.05) is 6.92 Å². The zero-order valence-electron chi connectivity index (χ0n) is 16.1. The molecule has 0 bridgehead atoms. The van der Waals surface area contributed by atoms with Crippen molar-refractivity contribution >= 4 is 22.1 Å². The number of amides is 1. The highest BCUT2D eigenvalue weighted by molar-refractivity contribution is 7.89. The fourth-order valence-corrected chi connectivity index (χ4v) is 3.43. The number of hydrogen-bond donors (Lipinski definition) is 1. The van der Waals surface area contributed by atoms with Crippen LogP contribution in [0.4, 0.5) is 4.79 Å². The zero-order chi connectivity index (χ0) is 20.8. The number of nitrogens with zero attached hydrogens (tertiary/aromatic N) is 1. The predicted octanol–water partition coefficient (Wildman–Crippen LogP) is 3.24. The van der Waals surface area contributed by atoms with E-state index in [9.17, 15) is 23.1 Å². The third kappa shape index (κ3) is 6.29. The maximum absolute atomic E-state index is 12.9. The van der Waals surface area contributed by atoms with Gasteiger partial charge in [0.25, 0.3) is 10.0 Å². The first kappa shape index (κ1) is 22.5. The van der Waals surface area contributed by atoms with E-state index in [2.05, 4.69) is 11.8 Å². The topological polar surface area (TPSA) is 101 Å². The van der Waals surface area contributed by atoms with Gasteiger partial charge in [0.05, 0.1) is 4.90 Å². The van der Waals surface area contributed by atoms with Crippen LogP contribution in [0.5, 0.6) is 0 Å². The molecule has 1 rings (SSSR count). The van der Waals surface area contributed by atoms with E-state index in [-0.39, 0.29) is 9.20 Å². The lowest BCUT2D eigenvalue weighted by atomic mass is 10.2. The van der Waals surface area contributed by atoms with Crippen molar-refractivity contribution in [3.8, 4) is 11.8 Å². The third-order valence-corrected chi connectivity index (χ3v) is 5.15. The molecule has 0 heterocycles. The smallest absolute Gasteiger partial charge is 0.425 e. The summed E-state index contributed by atoms with van der Waals surface area (Å²) in [5, 5.41) is 9.24. The van der Waals surface area contributed by atoms with Crippen LogP contribution in [0.2, 0.25) is 0 Å². The SMILES string of the molecule is CCCC#Cc1ccc(S(=O)(=O)N(C(=O)OC(C)(C)C)[C@H](C)C(=O)O)cc1. The summed E-state index contributed by atoms with van der Waals surface area (Å²) in [5.74, 6) is 4.39. The van der Waals surface area contributed by atoms with E-state index >= 15 is 0 Å². The van der Waals surface area contributed by atoms with Crippen LogP contribution in [0.1, 0.15) is 53.0 Å². The van der Waals surface area contributed by atoms with Crippen LogP contribution in [0.25, 0.3) is 0 Å². The first-order valence-electron chi connectivity index (χ1n) is 8.49. The van der Waals surface area contributed by atoms with Crippen LogP contribution in [0.3, 0.4) is 0 Å². The highest BCUT2D eigenvalue weighted by Gasteiger charge is 2.39. The van der Waals surface area contributed by atoms with Crippen molar-refractivity contribution in [3.05, 3.63) is 29.8 Å². The summed E-state index contributed by atoms with van der Waals surface area (Å²) in [6, 6.07) is 3.96. The number of aliphatic carboxylic acids is 1. The van der Waals surface area contributed by atoms with Crippen LogP contribution in [-0.4, -0.2) is 41.5 Å². The minimum absolute atomic E-state index is 0.220. The van der Waals surface area contributed by atoms with Crippen molar-refractivity contribution in [2.24, 2.45) is 0 Å². The van der Waals surface area contributed by atoms with Gasteiger partial charge in [0.1, 0.15) is 11.6 Å². The average Bonchev–Trinajstić information content (AvgIpc) is 2.53. The van der Waals surface area contributed by atoms with E-state index in [1.165, 1.54) is 24.3 Å². The molecule has 1 atom stereocenters. The Bertz CT molecular complexity index is 841. The van der Waals surface area contributed by atoms with Crippen molar-refractivity contribution < 1.29 is 27.9 Å². The molecule has 1 amide bonds. The Morgan fingerprint density at radius 3 is 2.22 bits per heavy atom. The van der Waals surface area contributed by atoms with Gasteiger partial charge in [-0.15, -0.1) is 0 Å². The van der Waals surface area contributed by atoms with Gasteiger partial charge < -0.3 is 9.84 Å². The number of ether oxygens (including phenoxy) is 1. The van der Waals surface area contributed by atoms with Gasteiger partial charge in [-0.1, -0.05) is 18.8 Å². The second-order valence-electron chi connectivity index (χ2n) is 6.87. The van der Waals surface area contributed by atoms with E-state index in [1.54, 1.807) is 20.8 Å². The molecule has 0 saturated carbocycles. The van der Waals surface area contributed by atoms with Crippen molar-refractivity contribution in [2.45, 2.75) is 64.0 Å². The van der Waals surface area contributed by atoms with Gasteiger partial charge in [-0.2, -0.15) is 4.31 Å². The molecule has 8 heteroatoms. The molecule has 1 aromatic rings. The van der Waals surface area contributed by atoms with E-state index in [0.717, 1.165) is 19.8 Å². The van der Waals surface area contributed by atoms with Crippen LogP contribution < -0.4 is 0 Å². The largest absolute Gasteiger partial charge is 0.480 e. The maximum Gasteiger partial charge on any atom is 0.425 e. The molecule has 0 fully saturated rings. The van der Waals surface area contributed by atoms with E-state index in [4.69, 9.17) is 4.74 Å². The van der Waals surface area contributed by atoms with Crippen molar-refractivity contribution in [3.63, 3.8) is 0 Å². The fourth-order valence-electron chi connectivity index (χ4n) is 1.98. The molecular weight excluding hydrogens is 370 g/mol. The molecule has 1 aromatic carbocycles. The number of benzene rings is 1. The van der Waals surface area contributed by atoms with Gasteiger partial charge in [0.2, 0.25) is 0 Å². The third-order valence-electron chi connectivity index (χ3n) is 3.30. The second-order valence-corrected chi connectivity index (χ2v) is 8.69. The first-order valence-corrected chi connectivity index (χ1v) is 9.93. The normalized spacial score (nSPS) is 12.5. The number of carbonyl (C=O) groups is 2. The molecule has 7 nitrogen and oxygen atoms in total. The summed E-state index contributed by atoms with van der Waals surface area (Å²) in [6.45, 7) is 7.79. The second kappa shape index (κ2) is 8.91. The van der Waals surface area contributed by atoms with Crippen LogP contribution in [0.15, 0.2) is 29.2 Å². The minimum atomic E-state index is -4.43. The number of rotatable bonds is 5. The Morgan fingerprint density at radius 2 is 1.78 bits per heavy atom. The molecule has 0 aliphatic carbocycles. The Morgan fingerprint density at radius 1 is 1.22 bits per heavy atom. The van der Waals surface area contributed by atoms with Crippen LogP contribution in [-0.2, 0) is 19.6 Å². The molecule has 148 valence electrons. The molecule has 27 heavy (non-hydrogen) atoms. The van der Waals surface area contributed by atoms with Crippen molar-refractivity contribution in [1.29, 1.82) is 0 Å². The summed E-state index contributed by atoms with van der Waals surface area (Å²) in [7, 11) is -4.43. The zero-order valence-corrected chi connectivity index (χ0v) is 17.0. The molecule has 0 spiro atoms. The van der Waals surface area contributed by atoms with Gasteiger partial charge in [-0.05, 0) is 58.4 Å². The summed E-state index contributed by atoms with van der Waals surface area (Å²) in [4.78, 5) is 23.5. The Hall–Kier alpha value is -2.53. The molecule has 0 aliphatic heterocycles. The lowest BCUT2D eigenvalue weighted by Gasteiger charge is -2.29. The lowest BCUT2D eigenvalue weighted by molar-refractivity contribution is -0.140. The highest BCUT2D eigenvalue weighted by Crippen LogP contribution is 2.22. The standard InChI is InChI=1S/C19H25NO6S/c1-6-7-8-9-15-10-12-16(13-11-15)27(24,25)20(14(2)17(21)22)18(23)26-19(3,4)5/h10-14H,6-7H2,1-5H3,(H,21,22)/t14-/m1/s1. The number of unbranched alkanes of at least 4 members (excludes halogenated alkanes) is 1. The number of carbonyl (C=O) groups excluding carboxylic acids is 1. The number of carboxylic acids is 1. The van der Waals surface area contributed by atoms with Crippen LogP contribution in [0, 0.1) is 11.8 Å². The monoisotopic (exact) mass is 395 g/mol. The minimum Gasteiger partial charge on any atom is -0.480 e. The molecule has 0 saturated heterocycles. The Kier molecular flexibility index (Phi) is 7.43. The maximum atomic E-state index is 12.9. The molecular formula is C19H25NO6S. The highest BCUT2D eigenvalue weighted by atomic mass is 32.2. The molecule has 0 radical (unpaired) electrons. The lowest BCUT2D eigenvalue weighted by Crippen LogP contribution is -2.48. The number of hydrogen-bond acceptors (Lipinski definition) is 5. The van der Waals surface area contributed by atoms with Gasteiger partial charge in [-0.25, -0.2) is 18.0 Å². The number of carboxylic acid groups (broad SMARTS) is 1. The van der Waals surface area contributed by atoms with Gasteiger partial charge >= 0.3 is 12.1 Å². The first-order chi connectivity index (χ1) is 12.4. The molecule has 0 aliphatic rings. The van der Waals surface area contributed by atoms with Crippen LogP contribution >= 0.6 is 0 Å². The Labute approximate surface area is 160 Å². The number of sulfonamides is 1. The quantitative estimate of drug-likeness (QED) is 0.768. The van der Waals surface area contributed by atoms with Gasteiger partial charge in [0, 0.05) is 12.0 Å². The fraction of sp³-hybridized carbons (Fsp3) is 0.474. The van der Waals surface area contributed by atoms with Gasteiger partial charge in [-0.3, -0.25) is 0 Å². The average molecular weight is 395 g/mol. The van der Waals surface area contributed by atoms with Crippen molar-refractivity contribution in [2.75, 3.05) is 0 Å². The van der Waals surface area contributed by atoms with E-state index in [0.29, 0.717) is 5.56 Å². The van der Waals surface area contributed by atoms with E-state index < -0.39 is 33.7 Å². The molecule has 1 N–H and O–H groups in total. The summed E-state index contributed by atoms with van der Waals surface area (Å²) in [6.07, 6.45) is 0.393. The summed E-state index contributed by atoms with van der Waals surface area (Å²) in [5.41, 5.74) is -0.362. The Balaban J connectivity index is 3.29. The predicted molar refractivity (Wildman–Crippen MR) is 101 cm³/mol. The molecule has 0 unspecified atom stereocenters. The summed E-state index contributed by atoms with van der Waals surface area (Å²) >= 11 is 0.